The minimum atomic E-state index is -1.57. The van der Waals surface area contributed by atoms with Crippen molar-refractivity contribution in [3.63, 3.8) is 0 Å². The minimum absolute atomic E-state index is 0.0205. The summed E-state index contributed by atoms with van der Waals surface area (Å²) in [6, 6.07) is 7.66. The van der Waals surface area contributed by atoms with Gasteiger partial charge < -0.3 is 20.1 Å². The van der Waals surface area contributed by atoms with E-state index in [2.05, 4.69) is 30.8 Å². The highest BCUT2D eigenvalue weighted by Gasteiger charge is 2.44. The predicted octanol–water partition coefficient (Wildman–Crippen LogP) is 4.71. The Labute approximate surface area is 214 Å². The average molecular weight is 530 g/mol. The van der Waals surface area contributed by atoms with Crippen LogP contribution in [-0.4, -0.2) is 55.1 Å². The standard InChI is InChI=1S/C24H22ClF2N7O3/c1-24(4-5-24)31-23(35)37-17-11-36-21(20(17)27)16-9-18(33-32-16)30-22-29-15(10-19-28-6-7-34(19)22)12-2-3-14(26)13(25)8-12/h2-3,6-10,17,20-21H,4-5,11H2,1H3,(H,31,35)(H2,29,30,32,33)/t17-,20+,21-/m1/s1. The zero-order valence-corrected chi connectivity index (χ0v) is 20.3. The summed E-state index contributed by atoms with van der Waals surface area (Å²) in [6.45, 7) is 1.84. The first-order chi connectivity index (χ1) is 17.8. The Kier molecular flexibility index (Phi) is 5.72. The third-order valence-electron chi connectivity index (χ3n) is 6.50. The maximum Gasteiger partial charge on any atom is 0.408 e. The Balaban J connectivity index is 1.19. The molecule has 1 saturated carbocycles. The number of halogens is 3. The number of nitrogens with zero attached hydrogens (tertiary/aromatic N) is 4. The number of amides is 1. The van der Waals surface area contributed by atoms with Crippen molar-refractivity contribution in [1.82, 2.24) is 29.9 Å². The first kappa shape index (κ1) is 23.6. The van der Waals surface area contributed by atoms with Crippen LogP contribution < -0.4 is 10.6 Å². The Morgan fingerprint density at radius 2 is 2.16 bits per heavy atom. The van der Waals surface area contributed by atoms with Crippen molar-refractivity contribution in [1.29, 1.82) is 0 Å². The Morgan fingerprint density at radius 1 is 1.32 bits per heavy atom. The molecule has 4 heterocycles. The van der Waals surface area contributed by atoms with Crippen molar-refractivity contribution in [2.75, 3.05) is 11.9 Å². The SMILES string of the molecule is CC1(NC(=O)O[C@@H]2CO[C@H](c3cc(Nc4nc(-c5ccc(F)c(Cl)c5)cc5nccn45)n[nH]3)[C@H]2F)CC1. The number of aromatic nitrogens is 5. The number of H-pyrrole nitrogens is 1. The second-order valence-corrected chi connectivity index (χ2v) is 9.82. The largest absolute Gasteiger partial charge is 0.441 e. The highest BCUT2D eigenvalue weighted by atomic mass is 35.5. The number of aromatic amines is 1. The van der Waals surface area contributed by atoms with Gasteiger partial charge >= 0.3 is 6.09 Å². The monoisotopic (exact) mass is 529 g/mol. The van der Waals surface area contributed by atoms with E-state index in [4.69, 9.17) is 21.1 Å². The first-order valence-corrected chi connectivity index (χ1v) is 12.0. The molecule has 3 atom stereocenters. The van der Waals surface area contributed by atoms with Crippen LogP contribution in [0.5, 0.6) is 0 Å². The van der Waals surface area contributed by atoms with Crippen LogP contribution in [0.15, 0.2) is 42.7 Å². The van der Waals surface area contributed by atoms with Crippen LogP contribution in [-0.2, 0) is 9.47 Å². The fraction of sp³-hybridized carbons (Fsp3) is 0.333. The van der Waals surface area contributed by atoms with E-state index in [-0.39, 0.29) is 17.2 Å². The van der Waals surface area contributed by atoms with E-state index in [9.17, 15) is 9.18 Å². The Bertz CT molecular complexity index is 1490. The van der Waals surface area contributed by atoms with Crippen molar-refractivity contribution in [3.05, 3.63) is 59.3 Å². The maximum atomic E-state index is 15.1. The zero-order chi connectivity index (χ0) is 25.7. The van der Waals surface area contributed by atoms with E-state index < -0.39 is 30.3 Å². The second kappa shape index (κ2) is 8.96. The number of nitrogens with one attached hydrogen (secondary N) is 3. The number of alkyl halides is 1. The Morgan fingerprint density at radius 3 is 2.95 bits per heavy atom. The molecule has 0 bridgehead atoms. The molecule has 192 valence electrons. The fourth-order valence-corrected chi connectivity index (χ4v) is 4.32. The van der Waals surface area contributed by atoms with Gasteiger partial charge in [-0.05, 0) is 38.0 Å². The van der Waals surface area contributed by atoms with Gasteiger partial charge in [-0.25, -0.2) is 23.5 Å². The smallest absolute Gasteiger partial charge is 0.408 e. The number of anilines is 2. The molecule has 3 aromatic heterocycles. The normalized spacial score (nSPS) is 22.2. The summed E-state index contributed by atoms with van der Waals surface area (Å²) < 4.78 is 41.3. The lowest BCUT2D eigenvalue weighted by Gasteiger charge is -2.17. The van der Waals surface area contributed by atoms with E-state index in [1.807, 2.05) is 6.92 Å². The number of fused-ring (bicyclic) bond motifs is 1. The molecule has 2 aliphatic rings. The molecule has 6 rings (SSSR count). The molecule has 0 unspecified atom stereocenters. The molecule has 4 aromatic rings. The van der Waals surface area contributed by atoms with Crippen LogP contribution in [0.1, 0.15) is 31.6 Å². The number of alkyl carbamates (subject to hydrolysis) is 1. The van der Waals surface area contributed by atoms with Gasteiger partial charge in [-0.15, -0.1) is 0 Å². The summed E-state index contributed by atoms with van der Waals surface area (Å²) in [7, 11) is 0. The molecule has 1 saturated heterocycles. The van der Waals surface area contributed by atoms with Crippen LogP contribution in [0.3, 0.4) is 0 Å². The molecule has 3 N–H and O–H groups in total. The molecule has 10 nitrogen and oxygen atoms in total. The number of carbonyl (C=O) groups is 1. The third-order valence-corrected chi connectivity index (χ3v) is 6.79. The van der Waals surface area contributed by atoms with Gasteiger partial charge in [-0.3, -0.25) is 9.50 Å². The van der Waals surface area contributed by atoms with Gasteiger partial charge in [0.2, 0.25) is 5.95 Å². The summed E-state index contributed by atoms with van der Waals surface area (Å²) >= 11 is 5.95. The van der Waals surface area contributed by atoms with Crippen LogP contribution in [0, 0.1) is 5.82 Å². The fourth-order valence-electron chi connectivity index (χ4n) is 4.14. The lowest BCUT2D eigenvalue weighted by Crippen LogP contribution is -2.39. The number of ether oxygens (including phenoxy) is 2. The van der Waals surface area contributed by atoms with E-state index in [1.165, 1.54) is 12.1 Å². The predicted molar refractivity (Wildman–Crippen MR) is 130 cm³/mol. The van der Waals surface area contributed by atoms with E-state index in [0.29, 0.717) is 34.4 Å². The van der Waals surface area contributed by atoms with Gasteiger partial charge in [0.05, 0.1) is 23.0 Å². The van der Waals surface area contributed by atoms with Crippen LogP contribution >= 0.6 is 11.6 Å². The second-order valence-electron chi connectivity index (χ2n) is 9.41. The summed E-state index contributed by atoms with van der Waals surface area (Å²) in [5.41, 5.74) is 1.82. The molecular formula is C24H22ClF2N7O3. The van der Waals surface area contributed by atoms with Gasteiger partial charge in [0, 0.05) is 35.6 Å². The van der Waals surface area contributed by atoms with Crippen LogP contribution in [0.4, 0.5) is 25.3 Å². The Hall–Kier alpha value is -3.77. The molecule has 0 spiro atoms. The molecule has 1 amide bonds. The minimum Gasteiger partial charge on any atom is -0.441 e. The van der Waals surface area contributed by atoms with E-state index in [1.54, 1.807) is 35.0 Å². The molecule has 1 aliphatic carbocycles. The van der Waals surface area contributed by atoms with Gasteiger partial charge in [0.25, 0.3) is 0 Å². The number of carbonyl (C=O) groups excluding carboxylic acids is 1. The topological polar surface area (TPSA) is 118 Å². The van der Waals surface area contributed by atoms with Crippen molar-refractivity contribution in [2.24, 2.45) is 0 Å². The molecule has 37 heavy (non-hydrogen) atoms. The molecule has 2 fully saturated rings. The quantitative estimate of drug-likeness (QED) is 0.331. The van der Waals surface area contributed by atoms with Crippen molar-refractivity contribution >= 4 is 35.1 Å². The highest BCUT2D eigenvalue weighted by molar-refractivity contribution is 6.31. The summed E-state index contributed by atoms with van der Waals surface area (Å²) in [5, 5.41) is 12.8. The van der Waals surface area contributed by atoms with Gasteiger partial charge in [0.15, 0.2) is 18.1 Å². The molecule has 1 aliphatic heterocycles. The summed E-state index contributed by atoms with van der Waals surface area (Å²) in [4.78, 5) is 21.0. The van der Waals surface area contributed by atoms with E-state index in [0.717, 1.165) is 12.8 Å². The highest BCUT2D eigenvalue weighted by Crippen LogP contribution is 2.36. The molecule has 1 aromatic carbocycles. The van der Waals surface area contributed by atoms with Crippen molar-refractivity contribution < 1.29 is 23.0 Å². The number of hydrogen-bond acceptors (Lipinski definition) is 7. The van der Waals surface area contributed by atoms with Gasteiger partial charge in [0.1, 0.15) is 17.6 Å². The summed E-state index contributed by atoms with van der Waals surface area (Å²) in [5.74, 6) is 0.200. The first-order valence-electron chi connectivity index (χ1n) is 11.6. The lowest BCUT2D eigenvalue weighted by molar-refractivity contribution is 0.0604. The van der Waals surface area contributed by atoms with E-state index >= 15 is 4.39 Å². The zero-order valence-electron chi connectivity index (χ0n) is 19.5. The van der Waals surface area contributed by atoms with Crippen LogP contribution in [0.2, 0.25) is 5.02 Å². The van der Waals surface area contributed by atoms with Gasteiger partial charge in [-0.2, -0.15) is 5.10 Å². The average Bonchev–Trinajstić information content (AvgIpc) is 3.25. The number of benzene rings is 1. The van der Waals surface area contributed by atoms with Crippen molar-refractivity contribution in [2.45, 2.75) is 43.7 Å². The van der Waals surface area contributed by atoms with Gasteiger partial charge in [-0.1, -0.05) is 11.6 Å². The van der Waals surface area contributed by atoms with Crippen molar-refractivity contribution in [3.8, 4) is 11.3 Å². The summed E-state index contributed by atoms with van der Waals surface area (Å²) in [6.07, 6.45) is 0.833. The molecule has 13 heteroatoms. The van der Waals surface area contributed by atoms with Crippen LogP contribution in [0.25, 0.3) is 16.9 Å². The lowest BCUT2D eigenvalue weighted by atomic mass is 10.1. The molecule has 0 radical (unpaired) electrons. The number of hydrogen-bond donors (Lipinski definition) is 3. The molecular weight excluding hydrogens is 508 g/mol. The third kappa shape index (κ3) is 4.69. The maximum absolute atomic E-state index is 15.1. The number of imidazole rings is 1. The number of rotatable bonds is 6.